The Kier molecular flexibility index (Phi) is 3.33. The molecule has 4 nitrogen and oxygen atoms in total. The average molecular weight is 225 g/mol. The zero-order valence-electron chi connectivity index (χ0n) is 8.69. The standard InChI is InChI=1S/C10H15N3OS/c1-7-4-11-5-8(7)10(14)13-6-9-12-2-3-15-9/h2-3,7-8,11H,4-6H2,1H3,(H,13,14). The lowest BCUT2D eigenvalue weighted by atomic mass is 9.97. The normalized spacial score (nSPS) is 25.4. The molecule has 1 aromatic rings. The Hall–Kier alpha value is -0.940. The van der Waals surface area contributed by atoms with Crippen LogP contribution in [-0.2, 0) is 11.3 Å². The summed E-state index contributed by atoms with van der Waals surface area (Å²) in [5, 5.41) is 9.03. The summed E-state index contributed by atoms with van der Waals surface area (Å²) in [6.45, 7) is 4.40. The molecular weight excluding hydrogens is 210 g/mol. The number of nitrogens with zero attached hydrogens (tertiary/aromatic N) is 1. The van der Waals surface area contributed by atoms with E-state index >= 15 is 0 Å². The van der Waals surface area contributed by atoms with Crippen LogP contribution in [0.25, 0.3) is 0 Å². The number of hydrogen-bond acceptors (Lipinski definition) is 4. The average Bonchev–Trinajstić information content (AvgIpc) is 2.84. The second-order valence-electron chi connectivity index (χ2n) is 3.89. The molecule has 1 aliphatic rings. The molecule has 0 aromatic carbocycles. The lowest BCUT2D eigenvalue weighted by Gasteiger charge is -2.13. The molecule has 2 rings (SSSR count). The fraction of sp³-hybridized carbons (Fsp3) is 0.600. The number of aromatic nitrogens is 1. The van der Waals surface area contributed by atoms with E-state index in [4.69, 9.17) is 0 Å². The van der Waals surface area contributed by atoms with Crippen molar-refractivity contribution in [1.82, 2.24) is 15.6 Å². The van der Waals surface area contributed by atoms with Crippen LogP contribution >= 0.6 is 11.3 Å². The van der Waals surface area contributed by atoms with Gasteiger partial charge in [-0.05, 0) is 12.5 Å². The van der Waals surface area contributed by atoms with Crippen molar-refractivity contribution < 1.29 is 4.79 Å². The first-order chi connectivity index (χ1) is 7.27. The summed E-state index contributed by atoms with van der Waals surface area (Å²) in [4.78, 5) is 15.9. The third-order valence-electron chi connectivity index (χ3n) is 2.75. The van der Waals surface area contributed by atoms with E-state index in [1.165, 1.54) is 0 Å². The maximum atomic E-state index is 11.8. The zero-order valence-corrected chi connectivity index (χ0v) is 9.51. The molecule has 5 heteroatoms. The van der Waals surface area contributed by atoms with E-state index in [2.05, 4.69) is 22.5 Å². The van der Waals surface area contributed by atoms with Crippen molar-refractivity contribution in [2.24, 2.45) is 11.8 Å². The van der Waals surface area contributed by atoms with Crippen LogP contribution in [0.1, 0.15) is 11.9 Å². The van der Waals surface area contributed by atoms with E-state index in [1.54, 1.807) is 17.5 Å². The van der Waals surface area contributed by atoms with Crippen LogP contribution in [0.5, 0.6) is 0 Å². The van der Waals surface area contributed by atoms with Crippen LogP contribution < -0.4 is 10.6 Å². The monoisotopic (exact) mass is 225 g/mol. The van der Waals surface area contributed by atoms with Gasteiger partial charge in [-0.15, -0.1) is 11.3 Å². The Labute approximate surface area is 93.1 Å². The topological polar surface area (TPSA) is 54.0 Å². The van der Waals surface area contributed by atoms with Gasteiger partial charge in [-0.25, -0.2) is 4.98 Å². The number of nitrogens with one attached hydrogen (secondary N) is 2. The number of thiazole rings is 1. The van der Waals surface area contributed by atoms with Crippen molar-refractivity contribution in [2.45, 2.75) is 13.5 Å². The van der Waals surface area contributed by atoms with E-state index in [-0.39, 0.29) is 11.8 Å². The molecule has 1 aromatic heterocycles. The minimum Gasteiger partial charge on any atom is -0.349 e. The first kappa shape index (κ1) is 10.6. The second kappa shape index (κ2) is 4.72. The molecule has 0 aliphatic carbocycles. The zero-order chi connectivity index (χ0) is 10.7. The van der Waals surface area contributed by atoms with Gasteiger partial charge in [0.1, 0.15) is 5.01 Å². The van der Waals surface area contributed by atoms with Gasteiger partial charge >= 0.3 is 0 Å². The number of hydrogen-bond donors (Lipinski definition) is 2. The van der Waals surface area contributed by atoms with Gasteiger partial charge in [-0.1, -0.05) is 6.92 Å². The molecule has 2 heterocycles. The molecule has 1 fully saturated rings. The highest BCUT2D eigenvalue weighted by atomic mass is 32.1. The molecule has 2 unspecified atom stereocenters. The molecule has 0 bridgehead atoms. The van der Waals surface area contributed by atoms with Gasteiger partial charge in [0.15, 0.2) is 0 Å². The minimum absolute atomic E-state index is 0.116. The Morgan fingerprint density at radius 2 is 2.60 bits per heavy atom. The van der Waals surface area contributed by atoms with Crippen LogP contribution in [0.15, 0.2) is 11.6 Å². The highest BCUT2D eigenvalue weighted by molar-refractivity contribution is 7.09. The largest absolute Gasteiger partial charge is 0.349 e. The highest BCUT2D eigenvalue weighted by Gasteiger charge is 2.29. The number of amides is 1. The molecule has 0 radical (unpaired) electrons. The van der Waals surface area contributed by atoms with Gasteiger partial charge in [-0.2, -0.15) is 0 Å². The Bertz CT molecular complexity index is 325. The van der Waals surface area contributed by atoms with Gasteiger partial charge in [-0.3, -0.25) is 4.79 Å². The predicted molar refractivity (Wildman–Crippen MR) is 59.5 cm³/mol. The first-order valence-corrected chi connectivity index (χ1v) is 6.02. The summed E-state index contributed by atoms with van der Waals surface area (Å²) in [6.07, 6.45) is 1.76. The molecule has 2 atom stereocenters. The van der Waals surface area contributed by atoms with E-state index in [9.17, 15) is 4.79 Å². The number of carbonyl (C=O) groups excluding carboxylic acids is 1. The molecule has 1 aliphatic heterocycles. The van der Waals surface area contributed by atoms with Crippen molar-refractivity contribution in [2.75, 3.05) is 13.1 Å². The van der Waals surface area contributed by atoms with Gasteiger partial charge in [0.25, 0.3) is 0 Å². The van der Waals surface area contributed by atoms with Gasteiger partial charge in [0.05, 0.1) is 12.5 Å². The predicted octanol–water partition coefficient (Wildman–Crippen LogP) is 0.615. The summed E-state index contributed by atoms with van der Waals surface area (Å²) in [6, 6.07) is 0. The van der Waals surface area contributed by atoms with Crippen molar-refractivity contribution in [3.05, 3.63) is 16.6 Å². The smallest absolute Gasteiger partial charge is 0.225 e. The van der Waals surface area contributed by atoms with Gasteiger partial charge < -0.3 is 10.6 Å². The molecule has 0 saturated carbocycles. The van der Waals surface area contributed by atoms with Crippen LogP contribution in [0, 0.1) is 11.8 Å². The van der Waals surface area contributed by atoms with Crippen LogP contribution in [0.3, 0.4) is 0 Å². The fourth-order valence-corrected chi connectivity index (χ4v) is 2.35. The van der Waals surface area contributed by atoms with Crippen LogP contribution in [-0.4, -0.2) is 24.0 Å². The van der Waals surface area contributed by atoms with Crippen molar-refractivity contribution in [3.63, 3.8) is 0 Å². The van der Waals surface area contributed by atoms with Crippen LogP contribution in [0.4, 0.5) is 0 Å². The van der Waals surface area contributed by atoms with E-state index in [1.807, 2.05) is 5.38 Å². The van der Waals surface area contributed by atoms with E-state index in [0.717, 1.165) is 18.1 Å². The van der Waals surface area contributed by atoms with Crippen LogP contribution in [0.2, 0.25) is 0 Å². The molecule has 15 heavy (non-hydrogen) atoms. The quantitative estimate of drug-likeness (QED) is 0.792. The highest BCUT2D eigenvalue weighted by Crippen LogP contribution is 2.15. The first-order valence-electron chi connectivity index (χ1n) is 5.14. The maximum absolute atomic E-state index is 11.8. The molecule has 2 N–H and O–H groups in total. The summed E-state index contributed by atoms with van der Waals surface area (Å²) < 4.78 is 0. The maximum Gasteiger partial charge on any atom is 0.225 e. The SMILES string of the molecule is CC1CNCC1C(=O)NCc1nccs1. The van der Waals surface area contributed by atoms with Crippen molar-refractivity contribution in [1.29, 1.82) is 0 Å². The van der Waals surface area contributed by atoms with Gasteiger partial charge in [0.2, 0.25) is 5.91 Å². The molecule has 1 amide bonds. The lowest BCUT2D eigenvalue weighted by molar-refractivity contribution is -0.125. The second-order valence-corrected chi connectivity index (χ2v) is 4.86. The van der Waals surface area contributed by atoms with Crippen molar-refractivity contribution >= 4 is 17.2 Å². The lowest BCUT2D eigenvalue weighted by Crippen LogP contribution is -2.33. The molecule has 1 saturated heterocycles. The summed E-state index contributed by atoms with van der Waals surface area (Å²) in [5.74, 6) is 0.689. The molecule has 82 valence electrons. The van der Waals surface area contributed by atoms with E-state index in [0.29, 0.717) is 12.5 Å². The number of carbonyl (C=O) groups is 1. The minimum atomic E-state index is 0.116. The molecular formula is C10H15N3OS. The van der Waals surface area contributed by atoms with Gasteiger partial charge in [0, 0.05) is 18.1 Å². The summed E-state index contributed by atoms with van der Waals surface area (Å²) >= 11 is 1.57. The fourth-order valence-electron chi connectivity index (χ4n) is 1.80. The van der Waals surface area contributed by atoms with Crippen molar-refractivity contribution in [3.8, 4) is 0 Å². The Morgan fingerprint density at radius 3 is 3.20 bits per heavy atom. The molecule has 0 spiro atoms. The third-order valence-corrected chi connectivity index (χ3v) is 3.53. The van der Waals surface area contributed by atoms with E-state index < -0.39 is 0 Å². The summed E-state index contributed by atoms with van der Waals surface area (Å²) in [5.41, 5.74) is 0. The number of rotatable bonds is 3. The summed E-state index contributed by atoms with van der Waals surface area (Å²) in [7, 11) is 0. The Morgan fingerprint density at radius 1 is 1.73 bits per heavy atom. The Balaban J connectivity index is 1.82. The third kappa shape index (κ3) is 2.54.